The van der Waals surface area contributed by atoms with Crippen molar-refractivity contribution >= 4 is 117 Å². The van der Waals surface area contributed by atoms with Crippen molar-refractivity contribution in [3.05, 3.63) is 102 Å². The van der Waals surface area contributed by atoms with Crippen molar-refractivity contribution in [2.75, 3.05) is 102 Å². The van der Waals surface area contributed by atoms with Gasteiger partial charge in [-0.15, -0.1) is 23.2 Å². The van der Waals surface area contributed by atoms with Crippen LogP contribution in [0.2, 0.25) is 0 Å². The maximum absolute atomic E-state index is 13.3. The molecule has 1 aromatic carbocycles. The minimum Gasteiger partial charge on any atom is -0.369 e. The number of carbonyl (C=O) groups is 9. The van der Waals surface area contributed by atoms with Gasteiger partial charge in [-0.05, 0) is 57.6 Å². The number of nitrogens with zero attached hydrogens (tertiary/aromatic N) is 14. The highest BCUT2D eigenvalue weighted by atomic mass is 35.5. The summed E-state index contributed by atoms with van der Waals surface area (Å²) in [6, 6.07) is 8.05. The number of imidazole rings is 6. The van der Waals surface area contributed by atoms with Crippen molar-refractivity contribution in [2.24, 2.45) is 42.3 Å². The first-order chi connectivity index (χ1) is 42.5. The normalized spacial score (nSPS) is 11.0. The molecule has 0 radical (unpaired) electrons. The van der Waals surface area contributed by atoms with Crippen LogP contribution in [0.15, 0.2) is 61.4 Å². The molecular formula is C55H71Cl2N23O9. The number of carbonyl (C=O) groups excluding carboxylic acids is 9. The molecule has 34 heteroatoms. The van der Waals surface area contributed by atoms with Crippen LogP contribution in [-0.2, 0) is 63.1 Å². The number of alkyl halides is 2. The third-order valence-electron chi connectivity index (χ3n) is 13.2. The Morgan fingerprint density at radius 3 is 1.09 bits per heavy atom. The summed E-state index contributed by atoms with van der Waals surface area (Å²) >= 11 is 11.9. The van der Waals surface area contributed by atoms with Gasteiger partial charge in [0.15, 0.2) is 34.9 Å². The Morgan fingerprint density at radius 2 is 0.719 bits per heavy atom. The average molecular weight is 1270 g/mol. The predicted molar refractivity (Wildman–Crippen MR) is 331 cm³/mol. The first kappa shape index (κ1) is 66.6. The van der Waals surface area contributed by atoms with E-state index >= 15 is 0 Å². The molecule has 0 saturated carbocycles. The lowest BCUT2D eigenvalue weighted by Gasteiger charge is -2.23. The highest BCUT2D eigenvalue weighted by molar-refractivity contribution is 6.18. The van der Waals surface area contributed by atoms with Crippen LogP contribution in [0.5, 0.6) is 0 Å². The van der Waals surface area contributed by atoms with E-state index in [9.17, 15) is 43.2 Å². The van der Waals surface area contributed by atoms with Gasteiger partial charge in [0.25, 0.3) is 35.4 Å². The summed E-state index contributed by atoms with van der Waals surface area (Å²) in [5.41, 5.74) is 2.10. The molecule has 0 saturated heterocycles. The summed E-state index contributed by atoms with van der Waals surface area (Å²) in [4.78, 5) is 146. The molecule has 0 fully saturated rings. The fraction of sp³-hybridized carbons (Fsp3) is 0.400. The number of rotatable bonds is 31. The Kier molecular flexibility index (Phi) is 23.3. The van der Waals surface area contributed by atoms with Crippen molar-refractivity contribution in [1.29, 1.82) is 0 Å². The first-order valence-electron chi connectivity index (χ1n) is 28.0. The molecule has 0 atom stereocenters. The van der Waals surface area contributed by atoms with Gasteiger partial charge >= 0.3 is 0 Å². The van der Waals surface area contributed by atoms with Gasteiger partial charge < -0.3 is 85.1 Å². The van der Waals surface area contributed by atoms with Crippen LogP contribution in [0.25, 0.3) is 0 Å². The number of nitrogens with one attached hydrogen (secondary N) is 9. The fourth-order valence-corrected chi connectivity index (χ4v) is 9.28. The fourth-order valence-electron chi connectivity index (χ4n) is 8.87. The van der Waals surface area contributed by atoms with Gasteiger partial charge in [-0.1, -0.05) is 12.1 Å². The second-order valence-electron chi connectivity index (χ2n) is 20.7. The molecular weight excluding hydrogens is 1200 g/mol. The highest BCUT2D eigenvalue weighted by Crippen LogP contribution is 2.20. The van der Waals surface area contributed by atoms with Gasteiger partial charge in [-0.2, -0.15) is 0 Å². The van der Waals surface area contributed by atoms with E-state index in [-0.39, 0.29) is 108 Å². The minimum atomic E-state index is -0.707. The standard InChI is InChI=1S/C55H71Cl2N23O9/c1-73(2)24-10-21-59-50(84)44-65-37(29-74(44)3)69-54(88)48-68-40(32-78(48)7)72-53(87)47-64-36(28-77(47)6)62-43(83)18-22-58-41(81)17-23-60-51(85)45-66-38(30-75(45)4)70-55(89)49-67-39(31-79(49)8)71-52(86)46-63-35(27-76(46)5)61-42(82)12-9-11-33-13-15-34(16-14-33)80(25-19-56)26-20-57/h13-16,27-32H,9-12,17-26H2,1-8H3,(H,58,81)(H,59,84)(H,60,85)(H,61,82)(H,62,83)(H,69,88)(H,70,89)(H,71,86)(H,72,87). The van der Waals surface area contributed by atoms with Crippen LogP contribution >= 0.6 is 23.2 Å². The molecule has 7 rings (SSSR count). The summed E-state index contributed by atoms with van der Waals surface area (Å²) in [6.45, 7) is 2.46. The molecule has 0 aliphatic rings. The lowest BCUT2D eigenvalue weighted by Crippen LogP contribution is -2.33. The number of hydrogen-bond donors (Lipinski definition) is 9. The zero-order chi connectivity index (χ0) is 64.5. The lowest BCUT2D eigenvalue weighted by atomic mass is 10.1. The maximum atomic E-state index is 13.3. The van der Waals surface area contributed by atoms with Gasteiger partial charge in [-0.25, -0.2) is 29.9 Å². The van der Waals surface area contributed by atoms with Gasteiger partial charge in [0.05, 0.1) is 0 Å². The number of hydrogen-bond acceptors (Lipinski definition) is 17. The molecule has 6 heterocycles. The number of anilines is 7. The monoisotopic (exact) mass is 1270 g/mol. The van der Waals surface area contributed by atoms with E-state index in [0.29, 0.717) is 44.2 Å². The molecule has 0 aliphatic heterocycles. The van der Waals surface area contributed by atoms with E-state index < -0.39 is 47.3 Å². The summed E-state index contributed by atoms with van der Waals surface area (Å²) in [6.07, 6.45) is 10.6. The Labute approximate surface area is 520 Å². The molecule has 0 spiro atoms. The number of aromatic nitrogens is 12. The predicted octanol–water partition coefficient (Wildman–Crippen LogP) is 2.29. The first-order valence-corrected chi connectivity index (χ1v) is 29.0. The number of benzene rings is 1. The SMILES string of the molecule is CN(C)CCCNC(=O)c1nc(NC(=O)c2nc(NC(=O)c3nc(NC(=O)CCNC(=O)CCNC(=O)c4nc(NC(=O)c5nc(NC(=O)c6nc(NC(=O)CCCc7ccc(N(CCCl)CCCl)cc7)cn6C)cn5C)cn4C)cn3C)cn2C)cn1C. The van der Waals surface area contributed by atoms with E-state index in [1.165, 1.54) is 78.7 Å². The molecule has 474 valence electrons. The van der Waals surface area contributed by atoms with E-state index in [4.69, 9.17) is 23.2 Å². The second kappa shape index (κ2) is 31.1. The van der Waals surface area contributed by atoms with Gasteiger partial charge in [0, 0.05) is 149 Å². The molecule has 32 nitrogen and oxygen atoms in total. The molecule has 7 aromatic rings. The molecule has 9 amide bonds. The molecule has 9 N–H and O–H groups in total. The lowest BCUT2D eigenvalue weighted by molar-refractivity contribution is -0.121. The third-order valence-corrected chi connectivity index (χ3v) is 13.6. The average Bonchev–Trinajstić information content (AvgIpc) is 2.85. The topological polar surface area (TPSA) is 375 Å². The molecule has 0 aliphatic carbocycles. The van der Waals surface area contributed by atoms with E-state index in [0.717, 1.165) is 24.2 Å². The maximum Gasteiger partial charge on any atom is 0.292 e. The largest absolute Gasteiger partial charge is 0.369 e. The second-order valence-corrected chi connectivity index (χ2v) is 21.4. The molecule has 89 heavy (non-hydrogen) atoms. The van der Waals surface area contributed by atoms with Crippen LogP contribution in [0.4, 0.5) is 40.6 Å². The van der Waals surface area contributed by atoms with Gasteiger partial charge in [-0.3, -0.25) is 43.2 Å². The van der Waals surface area contributed by atoms with E-state index in [2.05, 4.69) is 82.7 Å². The van der Waals surface area contributed by atoms with Crippen molar-refractivity contribution in [3.8, 4) is 0 Å². The Balaban J connectivity index is 0.786. The van der Waals surface area contributed by atoms with Crippen LogP contribution < -0.4 is 52.8 Å². The highest BCUT2D eigenvalue weighted by Gasteiger charge is 2.24. The Hall–Kier alpha value is -9.95. The Morgan fingerprint density at radius 1 is 0.393 bits per heavy atom. The van der Waals surface area contributed by atoms with Crippen molar-refractivity contribution in [3.63, 3.8) is 0 Å². The molecule has 0 bridgehead atoms. The zero-order valence-electron chi connectivity index (χ0n) is 50.4. The summed E-state index contributed by atoms with van der Waals surface area (Å²) < 4.78 is 8.44. The molecule has 0 unspecified atom stereocenters. The van der Waals surface area contributed by atoms with Gasteiger partial charge in [0.1, 0.15) is 0 Å². The van der Waals surface area contributed by atoms with Crippen LogP contribution in [0.3, 0.4) is 0 Å². The number of amides is 9. The summed E-state index contributed by atoms with van der Waals surface area (Å²) in [5, 5.41) is 23.7. The van der Waals surface area contributed by atoms with Crippen LogP contribution in [-0.4, -0.2) is 180 Å². The van der Waals surface area contributed by atoms with Crippen molar-refractivity contribution < 1.29 is 43.2 Å². The third kappa shape index (κ3) is 18.8. The smallest absolute Gasteiger partial charge is 0.292 e. The summed E-state index contributed by atoms with van der Waals surface area (Å²) in [5.74, 6) is -3.88. The van der Waals surface area contributed by atoms with Crippen molar-refractivity contribution in [1.82, 2.24) is 78.2 Å². The Bertz CT molecular complexity index is 3700. The molecule has 6 aromatic heterocycles. The minimum absolute atomic E-state index is 0.0114. The number of halogens is 2. The van der Waals surface area contributed by atoms with Crippen LogP contribution in [0.1, 0.15) is 101 Å². The van der Waals surface area contributed by atoms with E-state index in [1.54, 1.807) is 28.2 Å². The quantitative estimate of drug-likeness (QED) is 0.0222. The summed E-state index contributed by atoms with van der Waals surface area (Å²) in [7, 11) is 13.3. The zero-order valence-corrected chi connectivity index (χ0v) is 51.9. The van der Waals surface area contributed by atoms with Gasteiger partial charge in [0.2, 0.25) is 52.7 Å². The number of aryl methyl sites for hydroxylation is 7. The van der Waals surface area contributed by atoms with Crippen LogP contribution in [0, 0.1) is 0 Å². The van der Waals surface area contributed by atoms with Crippen molar-refractivity contribution in [2.45, 2.75) is 38.5 Å². The van der Waals surface area contributed by atoms with E-state index in [1.807, 2.05) is 43.3 Å².